The van der Waals surface area contributed by atoms with Gasteiger partial charge in [0.15, 0.2) is 5.56 Å². The minimum absolute atomic E-state index is 0.0940. The molecule has 0 saturated heterocycles. The lowest BCUT2D eigenvalue weighted by Gasteiger charge is -2.10. The highest BCUT2D eigenvalue weighted by Crippen LogP contribution is 2.27. The lowest BCUT2D eigenvalue weighted by Crippen LogP contribution is -2.21. The van der Waals surface area contributed by atoms with E-state index in [1.165, 1.54) is 12.1 Å². The van der Waals surface area contributed by atoms with E-state index in [0.717, 1.165) is 24.3 Å². The molecule has 134 valence electrons. The standard InChI is InChI=1S/C17H10F3NO5/c18-17(19,20)26-10-7-5-9(6-8-10)21-15(23)13-14(22)11-3-1-2-4-12(11)25-16(13)24/h1-8,22H,(H,21,23). The molecule has 0 aliphatic carbocycles. The van der Waals surface area contributed by atoms with Crippen molar-refractivity contribution in [2.45, 2.75) is 6.36 Å². The third kappa shape index (κ3) is 3.61. The van der Waals surface area contributed by atoms with Crippen LogP contribution in [0.25, 0.3) is 11.0 Å². The highest BCUT2D eigenvalue weighted by Gasteiger charge is 2.31. The van der Waals surface area contributed by atoms with E-state index < -0.39 is 35.0 Å². The summed E-state index contributed by atoms with van der Waals surface area (Å²) in [6, 6.07) is 10.4. The third-order valence-electron chi connectivity index (χ3n) is 3.36. The molecule has 0 radical (unpaired) electrons. The summed E-state index contributed by atoms with van der Waals surface area (Å²) < 4.78 is 45.1. The molecule has 2 aromatic carbocycles. The predicted octanol–water partition coefficient (Wildman–Crippen LogP) is 3.65. The second kappa shape index (κ2) is 6.43. The second-order valence-electron chi connectivity index (χ2n) is 5.14. The van der Waals surface area contributed by atoms with Gasteiger partial charge in [-0.3, -0.25) is 4.79 Å². The molecule has 3 aromatic rings. The van der Waals surface area contributed by atoms with Gasteiger partial charge in [-0.15, -0.1) is 13.2 Å². The minimum Gasteiger partial charge on any atom is -0.506 e. The van der Waals surface area contributed by atoms with E-state index in [1.54, 1.807) is 12.1 Å². The van der Waals surface area contributed by atoms with Crippen LogP contribution in [0, 0.1) is 0 Å². The number of rotatable bonds is 3. The van der Waals surface area contributed by atoms with E-state index in [1.807, 2.05) is 0 Å². The van der Waals surface area contributed by atoms with Crippen molar-refractivity contribution in [3.8, 4) is 11.5 Å². The number of aromatic hydroxyl groups is 1. The number of hydrogen-bond acceptors (Lipinski definition) is 5. The van der Waals surface area contributed by atoms with Crippen molar-refractivity contribution in [2.75, 3.05) is 5.32 Å². The Morgan fingerprint density at radius 1 is 1.08 bits per heavy atom. The SMILES string of the molecule is O=C(Nc1ccc(OC(F)(F)F)cc1)c1c(O)c2ccccc2oc1=O. The average molecular weight is 365 g/mol. The zero-order chi connectivity index (χ0) is 18.9. The maximum Gasteiger partial charge on any atom is 0.573 e. The van der Waals surface area contributed by atoms with Gasteiger partial charge >= 0.3 is 12.0 Å². The molecule has 0 unspecified atom stereocenters. The Balaban J connectivity index is 1.87. The molecule has 6 nitrogen and oxygen atoms in total. The van der Waals surface area contributed by atoms with Crippen LogP contribution in [0.4, 0.5) is 18.9 Å². The number of ether oxygens (including phenoxy) is 1. The van der Waals surface area contributed by atoms with E-state index in [2.05, 4.69) is 10.1 Å². The van der Waals surface area contributed by atoms with Crippen LogP contribution in [0.3, 0.4) is 0 Å². The number of anilines is 1. The van der Waals surface area contributed by atoms with Crippen molar-refractivity contribution < 1.29 is 32.2 Å². The van der Waals surface area contributed by atoms with E-state index in [4.69, 9.17) is 4.42 Å². The quantitative estimate of drug-likeness (QED) is 0.692. The molecule has 0 atom stereocenters. The Morgan fingerprint density at radius 2 is 1.73 bits per heavy atom. The molecule has 0 spiro atoms. The first-order chi connectivity index (χ1) is 12.2. The molecule has 0 fully saturated rings. The zero-order valence-electron chi connectivity index (χ0n) is 12.8. The van der Waals surface area contributed by atoms with Gasteiger partial charge in [0, 0.05) is 5.69 Å². The Morgan fingerprint density at radius 3 is 2.38 bits per heavy atom. The summed E-state index contributed by atoms with van der Waals surface area (Å²) in [5, 5.41) is 12.7. The fourth-order valence-corrected chi connectivity index (χ4v) is 2.27. The monoisotopic (exact) mass is 365 g/mol. The summed E-state index contributed by atoms with van der Waals surface area (Å²) in [7, 11) is 0. The summed E-state index contributed by atoms with van der Waals surface area (Å²) >= 11 is 0. The number of benzene rings is 2. The first-order valence-electron chi connectivity index (χ1n) is 7.16. The molecule has 0 bridgehead atoms. The molecule has 26 heavy (non-hydrogen) atoms. The van der Waals surface area contributed by atoms with E-state index >= 15 is 0 Å². The van der Waals surface area contributed by atoms with Gasteiger partial charge in [-0.25, -0.2) is 4.79 Å². The summed E-state index contributed by atoms with van der Waals surface area (Å²) in [4.78, 5) is 24.2. The fourth-order valence-electron chi connectivity index (χ4n) is 2.27. The van der Waals surface area contributed by atoms with Crippen molar-refractivity contribution in [1.29, 1.82) is 0 Å². The van der Waals surface area contributed by atoms with Crippen molar-refractivity contribution >= 4 is 22.6 Å². The van der Waals surface area contributed by atoms with Crippen molar-refractivity contribution in [1.82, 2.24) is 0 Å². The normalized spacial score (nSPS) is 11.3. The molecule has 2 N–H and O–H groups in total. The number of para-hydroxylation sites is 1. The maximum atomic E-state index is 12.3. The minimum atomic E-state index is -4.83. The van der Waals surface area contributed by atoms with E-state index in [-0.39, 0.29) is 16.7 Å². The van der Waals surface area contributed by atoms with Gasteiger partial charge in [0.05, 0.1) is 5.39 Å². The molecule has 1 amide bonds. The van der Waals surface area contributed by atoms with Gasteiger partial charge in [-0.2, -0.15) is 0 Å². The first-order valence-corrected chi connectivity index (χ1v) is 7.16. The number of fused-ring (bicyclic) bond motifs is 1. The highest BCUT2D eigenvalue weighted by molar-refractivity contribution is 6.08. The van der Waals surface area contributed by atoms with Crippen LogP contribution < -0.4 is 15.7 Å². The predicted molar refractivity (Wildman–Crippen MR) is 85.2 cm³/mol. The molecule has 3 rings (SSSR count). The topological polar surface area (TPSA) is 88.8 Å². The molecule has 0 saturated carbocycles. The molecule has 1 aromatic heterocycles. The average Bonchev–Trinajstić information content (AvgIpc) is 2.55. The largest absolute Gasteiger partial charge is 0.573 e. The molecule has 9 heteroatoms. The number of hydrogen-bond donors (Lipinski definition) is 2. The number of amides is 1. The van der Waals surface area contributed by atoms with Crippen LogP contribution in [-0.4, -0.2) is 17.4 Å². The van der Waals surface area contributed by atoms with Gasteiger partial charge in [-0.05, 0) is 36.4 Å². The Bertz CT molecular complexity index is 1030. The lowest BCUT2D eigenvalue weighted by atomic mass is 10.1. The molecule has 0 aliphatic heterocycles. The van der Waals surface area contributed by atoms with Gasteiger partial charge in [0.2, 0.25) is 0 Å². The molecular weight excluding hydrogens is 355 g/mol. The number of halogens is 3. The summed E-state index contributed by atoms with van der Waals surface area (Å²) in [5.41, 5.74) is -1.45. The Hall–Kier alpha value is -3.49. The number of carbonyl (C=O) groups is 1. The number of alkyl halides is 3. The number of carbonyl (C=O) groups excluding carboxylic acids is 1. The van der Waals surface area contributed by atoms with Crippen LogP contribution in [0.5, 0.6) is 11.5 Å². The van der Waals surface area contributed by atoms with Crippen LogP contribution in [0.1, 0.15) is 10.4 Å². The summed E-state index contributed by atoms with van der Waals surface area (Å²) in [6.07, 6.45) is -4.83. The van der Waals surface area contributed by atoms with Gasteiger partial charge < -0.3 is 19.6 Å². The van der Waals surface area contributed by atoms with E-state index in [0.29, 0.717) is 0 Å². The Kier molecular flexibility index (Phi) is 4.29. The van der Waals surface area contributed by atoms with Crippen LogP contribution in [0.15, 0.2) is 57.7 Å². The van der Waals surface area contributed by atoms with Crippen molar-refractivity contribution in [3.05, 3.63) is 64.5 Å². The first kappa shape index (κ1) is 17.3. The maximum absolute atomic E-state index is 12.3. The molecule has 1 heterocycles. The molecular formula is C17H10F3NO5. The number of nitrogens with one attached hydrogen (secondary N) is 1. The highest BCUT2D eigenvalue weighted by atomic mass is 19.4. The van der Waals surface area contributed by atoms with Gasteiger partial charge in [0.25, 0.3) is 5.91 Å². The summed E-state index contributed by atoms with van der Waals surface area (Å²) in [5.74, 6) is -1.98. The summed E-state index contributed by atoms with van der Waals surface area (Å²) in [6.45, 7) is 0. The van der Waals surface area contributed by atoms with E-state index in [9.17, 15) is 27.9 Å². The lowest BCUT2D eigenvalue weighted by molar-refractivity contribution is -0.274. The van der Waals surface area contributed by atoms with Crippen molar-refractivity contribution in [3.63, 3.8) is 0 Å². The van der Waals surface area contributed by atoms with Gasteiger partial charge in [0.1, 0.15) is 17.1 Å². The van der Waals surface area contributed by atoms with Crippen LogP contribution >= 0.6 is 0 Å². The van der Waals surface area contributed by atoms with Crippen LogP contribution in [0.2, 0.25) is 0 Å². The molecule has 0 aliphatic rings. The zero-order valence-corrected chi connectivity index (χ0v) is 12.8. The van der Waals surface area contributed by atoms with Gasteiger partial charge in [-0.1, -0.05) is 12.1 Å². The Labute approximate surface area is 143 Å². The fraction of sp³-hybridized carbons (Fsp3) is 0.0588. The smallest absolute Gasteiger partial charge is 0.506 e. The third-order valence-corrected chi connectivity index (χ3v) is 3.36. The van der Waals surface area contributed by atoms with Crippen molar-refractivity contribution in [2.24, 2.45) is 0 Å². The second-order valence-corrected chi connectivity index (χ2v) is 5.14. The van der Waals surface area contributed by atoms with Crippen LogP contribution in [-0.2, 0) is 0 Å².